The summed E-state index contributed by atoms with van der Waals surface area (Å²) >= 11 is 0.628. The van der Waals surface area contributed by atoms with Crippen LogP contribution >= 0.6 is 11.8 Å². The molecule has 6 nitrogen and oxygen atoms in total. The van der Waals surface area contributed by atoms with Crippen LogP contribution in [-0.2, 0) is 20.4 Å². The zero-order chi connectivity index (χ0) is 23.6. The molecule has 1 aromatic carbocycles. The molecule has 0 aromatic heterocycles. The van der Waals surface area contributed by atoms with Crippen molar-refractivity contribution in [3.63, 3.8) is 0 Å². The molecule has 33 heavy (non-hydrogen) atoms. The number of benzene rings is 1. The van der Waals surface area contributed by atoms with Crippen molar-refractivity contribution in [2.45, 2.75) is 31.5 Å². The van der Waals surface area contributed by atoms with E-state index in [1.807, 2.05) is 18.2 Å². The van der Waals surface area contributed by atoms with E-state index < -0.39 is 34.7 Å². The van der Waals surface area contributed by atoms with Gasteiger partial charge in [-0.05, 0) is 54.8 Å². The summed E-state index contributed by atoms with van der Waals surface area (Å²) in [6, 6.07) is 2.08. The predicted molar refractivity (Wildman–Crippen MR) is 115 cm³/mol. The molecule has 2 amide bonds. The Balaban J connectivity index is 1.65. The van der Waals surface area contributed by atoms with Crippen LogP contribution in [0.2, 0.25) is 0 Å². The Labute approximate surface area is 191 Å². The summed E-state index contributed by atoms with van der Waals surface area (Å²) in [4.78, 5) is 27.0. The van der Waals surface area contributed by atoms with Crippen molar-refractivity contribution in [2.24, 2.45) is 0 Å². The number of carbonyl (C=O) groups excluding carboxylic acids is 2. The number of nitrogens with zero attached hydrogens (tertiary/aromatic N) is 1. The third-order valence-electron chi connectivity index (χ3n) is 5.17. The van der Waals surface area contributed by atoms with Gasteiger partial charge in [0, 0.05) is 0 Å². The molecule has 1 unspecified atom stereocenters. The van der Waals surface area contributed by atoms with Gasteiger partial charge in [-0.25, -0.2) is 0 Å². The lowest BCUT2D eigenvalue weighted by Gasteiger charge is -2.28. The summed E-state index contributed by atoms with van der Waals surface area (Å²) < 4.78 is 50.0. The SMILES string of the molecule is O=C1SC(=Cc2ccc(O)c(C(F)(F)F)c2)C(=O)N1C(CC1=CC=CCC1)C1=COC=CO1. The average Bonchev–Trinajstić information content (AvgIpc) is 3.06. The van der Waals surface area contributed by atoms with E-state index in [1.54, 1.807) is 0 Å². The summed E-state index contributed by atoms with van der Waals surface area (Å²) in [5.41, 5.74) is -0.185. The van der Waals surface area contributed by atoms with Crippen LogP contribution in [-0.4, -0.2) is 27.2 Å². The van der Waals surface area contributed by atoms with Gasteiger partial charge in [-0.2, -0.15) is 13.2 Å². The van der Waals surface area contributed by atoms with Crippen LogP contribution in [0.5, 0.6) is 5.75 Å². The first-order valence-corrected chi connectivity index (χ1v) is 10.7. The number of imide groups is 1. The largest absolute Gasteiger partial charge is 0.507 e. The van der Waals surface area contributed by atoms with Crippen molar-refractivity contribution >= 4 is 29.0 Å². The topological polar surface area (TPSA) is 76.1 Å². The first-order valence-electron chi connectivity index (χ1n) is 9.93. The van der Waals surface area contributed by atoms with Crippen LogP contribution in [0.3, 0.4) is 0 Å². The lowest BCUT2D eigenvalue weighted by Crippen LogP contribution is -2.41. The first kappa shape index (κ1) is 22.8. The number of hydrogen-bond acceptors (Lipinski definition) is 6. The van der Waals surface area contributed by atoms with E-state index in [1.165, 1.54) is 30.9 Å². The fourth-order valence-electron chi connectivity index (χ4n) is 3.59. The molecule has 1 N–H and O–H groups in total. The van der Waals surface area contributed by atoms with Crippen LogP contribution in [0.15, 0.2) is 71.5 Å². The third kappa shape index (κ3) is 5.00. The molecule has 0 bridgehead atoms. The fourth-order valence-corrected chi connectivity index (χ4v) is 4.47. The number of thioether (sulfide) groups is 1. The van der Waals surface area contributed by atoms with Crippen molar-refractivity contribution in [1.29, 1.82) is 0 Å². The number of phenols is 1. The molecule has 1 aromatic rings. The van der Waals surface area contributed by atoms with E-state index >= 15 is 0 Å². The molecule has 0 saturated carbocycles. The minimum Gasteiger partial charge on any atom is -0.507 e. The highest BCUT2D eigenvalue weighted by molar-refractivity contribution is 8.18. The first-order chi connectivity index (χ1) is 15.7. The van der Waals surface area contributed by atoms with Gasteiger partial charge < -0.3 is 14.6 Å². The van der Waals surface area contributed by atoms with Crippen LogP contribution in [0, 0.1) is 0 Å². The van der Waals surface area contributed by atoms with Gasteiger partial charge in [-0.1, -0.05) is 29.9 Å². The number of aromatic hydroxyl groups is 1. The zero-order valence-electron chi connectivity index (χ0n) is 17.0. The second-order valence-electron chi connectivity index (χ2n) is 7.38. The lowest BCUT2D eigenvalue weighted by molar-refractivity contribution is -0.138. The van der Waals surface area contributed by atoms with Crippen molar-refractivity contribution < 1.29 is 37.3 Å². The van der Waals surface area contributed by atoms with Gasteiger partial charge in [-0.15, -0.1) is 0 Å². The number of carbonyl (C=O) groups is 2. The van der Waals surface area contributed by atoms with Gasteiger partial charge in [0.25, 0.3) is 11.1 Å². The fraction of sp³-hybridized carbons (Fsp3) is 0.217. The summed E-state index contributed by atoms with van der Waals surface area (Å²) in [6.45, 7) is 0. The zero-order valence-corrected chi connectivity index (χ0v) is 17.9. The lowest BCUT2D eigenvalue weighted by atomic mass is 9.96. The van der Waals surface area contributed by atoms with E-state index in [2.05, 4.69) is 0 Å². The second kappa shape index (κ2) is 9.22. The number of phenolic OH excluding ortho intramolecular Hbond substituents is 1. The number of amides is 2. The molecule has 2 heterocycles. The monoisotopic (exact) mass is 477 g/mol. The van der Waals surface area contributed by atoms with Crippen molar-refractivity contribution in [2.75, 3.05) is 0 Å². The van der Waals surface area contributed by atoms with Gasteiger partial charge in [0.2, 0.25) is 0 Å². The molecule has 1 aliphatic carbocycles. The van der Waals surface area contributed by atoms with Crippen molar-refractivity contribution in [1.82, 2.24) is 4.90 Å². The molecule has 10 heteroatoms. The van der Waals surface area contributed by atoms with Gasteiger partial charge in [-0.3, -0.25) is 14.5 Å². The molecule has 1 atom stereocenters. The maximum atomic E-state index is 13.2. The van der Waals surface area contributed by atoms with Crippen molar-refractivity contribution in [3.8, 4) is 5.75 Å². The van der Waals surface area contributed by atoms with E-state index in [0.717, 1.165) is 35.4 Å². The van der Waals surface area contributed by atoms with Gasteiger partial charge in [0.05, 0.1) is 10.5 Å². The Bertz CT molecular complexity index is 1130. The van der Waals surface area contributed by atoms with Crippen molar-refractivity contribution in [3.05, 3.63) is 82.6 Å². The minimum absolute atomic E-state index is 0.0294. The molecule has 0 spiro atoms. The molecule has 0 radical (unpaired) electrons. The quantitative estimate of drug-likeness (QED) is 0.537. The van der Waals surface area contributed by atoms with Crippen LogP contribution in [0.25, 0.3) is 6.08 Å². The van der Waals surface area contributed by atoms with Gasteiger partial charge >= 0.3 is 6.18 Å². The Hall–Kier alpha value is -3.40. The molecular formula is C23H18F3NO5S. The number of halogens is 3. The predicted octanol–water partition coefficient (Wildman–Crippen LogP) is 5.84. The smallest absolute Gasteiger partial charge is 0.419 e. The molecule has 1 saturated heterocycles. The highest BCUT2D eigenvalue weighted by atomic mass is 32.2. The highest BCUT2D eigenvalue weighted by Gasteiger charge is 2.43. The Morgan fingerprint density at radius 3 is 2.73 bits per heavy atom. The van der Waals surface area contributed by atoms with E-state index in [-0.39, 0.29) is 16.2 Å². The summed E-state index contributed by atoms with van der Waals surface area (Å²) in [6.07, 6.45) is 8.10. The molecule has 1 fully saturated rings. The summed E-state index contributed by atoms with van der Waals surface area (Å²) in [7, 11) is 0. The number of alkyl halides is 3. The molecule has 172 valence electrons. The number of hydrogen-bond donors (Lipinski definition) is 1. The minimum atomic E-state index is -4.77. The van der Waals surface area contributed by atoms with Gasteiger partial charge in [0.1, 0.15) is 30.6 Å². The number of rotatable bonds is 5. The molecule has 3 aliphatic rings. The second-order valence-corrected chi connectivity index (χ2v) is 8.38. The Morgan fingerprint density at radius 1 is 1.24 bits per heavy atom. The van der Waals surface area contributed by atoms with Crippen LogP contribution in [0.4, 0.5) is 18.0 Å². The normalized spacial score (nSPS) is 20.5. The standard InChI is InChI=1S/C23H18F3NO5S/c24-23(25,26)16-10-15(6-7-18(16)28)12-20-21(29)27(22(30)33-20)17(19-13-31-8-9-32-19)11-14-4-2-1-3-5-14/h1-2,4,6-10,12-13,17,28H,3,5,11H2. The summed E-state index contributed by atoms with van der Waals surface area (Å²) in [5.74, 6) is -1.31. The summed E-state index contributed by atoms with van der Waals surface area (Å²) in [5, 5.41) is 8.95. The maximum Gasteiger partial charge on any atom is 0.419 e. The molecular weight excluding hydrogens is 459 g/mol. The number of allylic oxidation sites excluding steroid dienone is 3. The number of ether oxygens (including phenoxy) is 2. The Morgan fingerprint density at radius 2 is 2.06 bits per heavy atom. The van der Waals surface area contributed by atoms with E-state index in [0.29, 0.717) is 18.2 Å². The van der Waals surface area contributed by atoms with Crippen LogP contribution in [0.1, 0.15) is 30.4 Å². The third-order valence-corrected chi connectivity index (χ3v) is 6.05. The van der Waals surface area contributed by atoms with Gasteiger partial charge in [0.15, 0.2) is 5.76 Å². The van der Waals surface area contributed by atoms with E-state index in [4.69, 9.17) is 9.47 Å². The highest BCUT2D eigenvalue weighted by Crippen LogP contribution is 2.40. The van der Waals surface area contributed by atoms with Crippen LogP contribution < -0.4 is 0 Å². The van der Waals surface area contributed by atoms with E-state index in [9.17, 15) is 27.9 Å². The average molecular weight is 477 g/mol. The maximum absolute atomic E-state index is 13.2. The Kier molecular flexibility index (Phi) is 6.37. The molecule has 4 rings (SSSR count). The molecule has 2 aliphatic heterocycles.